The number of rotatable bonds is 3. The van der Waals surface area contributed by atoms with Gasteiger partial charge in [0.2, 0.25) is 0 Å². The number of benzene rings is 2. The maximum atomic E-state index is 14.5. The van der Waals surface area contributed by atoms with Gasteiger partial charge < -0.3 is 16.0 Å². The Labute approximate surface area is 160 Å². The first-order valence-electron chi connectivity index (χ1n) is 8.62. The summed E-state index contributed by atoms with van der Waals surface area (Å²) in [5, 5.41) is 4.17. The number of nitrogens with one attached hydrogen (secondary N) is 2. The number of aromatic amines is 1. The van der Waals surface area contributed by atoms with Crippen LogP contribution in [0.2, 0.25) is 0 Å². The van der Waals surface area contributed by atoms with Crippen LogP contribution in [0.4, 0.5) is 10.1 Å². The standard InChI is InChI=1S/C20H19FN4OS/c1-20(8-10-27-19(22)25-20)15-11-12(5-6-16(15)21)24-18(26)14-3-2-4-17-13(14)7-9-23-17/h2-7,9,11,23H,8,10H2,1H3,(H2,22,25)(H,24,26). The molecule has 0 saturated heterocycles. The molecule has 1 unspecified atom stereocenters. The first kappa shape index (κ1) is 17.6. The van der Waals surface area contributed by atoms with Crippen LogP contribution in [0.5, 0.6) is 0 Å². The van der Waals surface area contributed by atoms with Crippen molar-refractivity contribution in [2.24, 2.45) is 10.7 Å². The largest absolute Gasteiger partial charge is 0.379 e. The molecule has 7 heteroatoms. The summed E-state index contributed by atoms with van der Waals surface area (Å²) in [5.74, 6) is 0.175. The first-order chi connectivity index (χ1) is 13.0. The van der Waals surface area contributed by atoms with E-state index < -0.39 is 5.54 Å². The van der Waals surface area contributed by atoms with E-state index in [2.05, 4.69) is 15.3 Å². The minimum Gasteiger partial charge on any atom is -0.379 e. The van der Waals surface area contributed by atoms with Gasteiger partial charge in [0.25, 0.3) is 5.91 Å². The fraction of sp³-hybridized carbons (Fsp3) is 0.200. The zero-order valence-electron chi connectivity index (χ0n) is 14.8. The second-order valence-corrected chi connectivity index (χ2v) is 7.83. The highest BCUT2D eigenvalue weighted by atomic mass is 32.2. The molecule has 0 fully saturated rings. The summed E-state index contributed by atoms with van der Waals surface area (Å²) < 4.78 is 14.5. The zero-order valence-corrected chi connectivity index (χ0v) is 15.6. The normalized spacial score (nSPS) is 19.7. The Morgan fingerprint density at radius 1 is 1.33 bits per heavy atom. The van der Waals surface area contributed by atoms with Crippen LogP contribution in [0.3, 0.4) is 0 Å². The third-order valence-electron chi connectivity index (χ3n) is 4.84. The molecule has 1 aliphatic heterocycles. The molecule has 4 N–H and O–H groups in total. The number of amidine groups is 1. The molecular formula is C20H19FN4OS. The van der Waals surface area contributed by atoms with Crippen molar-refractivity contribution in [3.05, 3.63) is 65.6 Å². The van der Waals surface area contributed by atoms with Crippen LogP contribution in [-0.4, -0.2) is 21.8 Å². The monoisotopic (exact) mass is 382 g/mol. The molecule has 138 valence electrons. The van der Waals surface area contributed by atoms with E-state index in [1.54, 1.807) is 24.4 Å². The predicted octanol–water partition coefficient (Wildman–Crippen LogP) is 4.23. The summed E-state index contributed by atoms with van der Waals surface area (Å²) in [6, 6.07) is 11.9. The fourth-order valence-electron chi connectivity index (χ4n) is 3.38. The molecule has 0 bridgehead atoms. The molecule has 1 atom stereocenters. The van der Waals surface area contributed by atoms with Crippen LogP contribution in [0, 0.1) is 5.82 Å². The number of aromatic nitrogens is 1. The Bertz CT molecular complexity index is 1060. The van der Waals surface area contributed by atoms with Crippen molar-refractivity contribution in [1.29, 1.82) is 0 Å². The Kier molecular flexibility index (Phi) is 4.39. The Balaban J connectivity index is 1.66. The van der Waals surface area contributed by atoms with E-state index in [9.17, 15) is 9.18 Å². The number of hydrogen-bond acceptors (Lipinski definition) is 4. The highest BCUT2D eigenvalue weighted by Crippen LogP contribution is 2.37. The minimum atomic E-state index is -0.735. The van der Waals surface area contributed by atoms with Gasteiger partial charge in [-0.3, -0.25) is 9.79 Å². The lowest BCUT2D eigenvalue weighted by Crippen LogP contribution is -2.29. The van der Waals surface area contributed by atoms with E-state index in [1.807, 2.05) is 25.1 Å². The molecule has 0 saturated carbocycles. The Morgan fingerprint density at radius 3 is 3.00 bits per heavy atom. The van der Waals surface area contributed by atoms with Crippen LogP contribution in [0.25, 0.3) is 10.9 Å². The van der Waals surface area contributed by atoms with E-state index in [1.165, 1.54) is 17.8 Å². The molecule has 1 aromatic heterocycles. The van der Waals surface area contributed by atoms with Crippen LogP contribution in [0.1, 0.15) is 29.3 Å². The molecule has 5 nitrogen and oxygen atoms in total. The van der Waals surface area contributed by atoms with Gasteiger partial charge in [0.15, 0.2) is 5.17 Å². The van der Waals surface area contributed by atoms with Gasteiger partial charge >= 0.3 is 0 Å². The van der Waals surface area contributed by atoms with Crippen LogP contribution in [-0.2, 0) is 5.54 Å². The summed E-state index contributed by atoms with van der Waals surface area (Å²) in [5.41, 5.74) is 7.52. The van der Waals surface area contributed by atoms with Crippen molar-refractivity contribution in [3.8, 4) is 0 Å². The highest BCUT2D eigenvalue weighted by Gasteiger charge is 2.32. The number of halogens is 1. The average Bonchev–Trinajstić information content (AvgIpc) is 3.11. The third kappa shape index (κ3) is 3.30. The van der Waals surface area contributed by atoms with Gasteiger partial charge in [-0.1, -0.05) is 17.8 Å². The summed E-state index contributed by atoms with van der Waals surface area (Å²) in [7, 11) is 0. The maximum Gasteiger partial charge on any atom is 0.256 e. The van der Waals surface area contributed by atoms with Gasteiger partial charge in [-0.25, -0.2) is 4.39 Å². The second-order valence-electron chi connectivity index (χ2n) is 6.72. The van der Waals surface area contributed by atoms with E-state index in [0.29, 0.717) is 28.4 Å². The number of carbonyl (C=O) groups is 1. The molecule has 2 aromatic carbocycles. The lowest BCUT2D eigenvalue weighted by molar-refractivity contribution is 0.102. The molecular weight excluding hydrogens is 363 g/mol. The van der Waals surface area contributed by atoms with Gasteiger partial charge in [-0.05, 0) is 49.7 Å². The number of nitrogens with two attached hydrogens (primary N) is 1. The molecule has 3 aromatic rings. The van der Waals surface area contributed by atoms with Crippen molar-refractivity contribution in [3.63, 3.8) is 0 Å². The van der Waals surface area contributed by atoms with E-state index in [4.69, 9.17) is 5.73 Å². The van der Waals surface area contributed by atoms with Crippen molar-refractivity contribution >= 4 is 39.4 Å². The number of amides is 1. The van der Waals surface area contributed by atoms with Gasteiger partial charge in [0.1, 0.15) is 5.82 Å². The summed E-state index contributed by atoms with van der Waals surface area (Å²) in [6.07, 6.45) is 2.47. The quantitative estimate of drug-likeness (QED) is 0.634. The minimum absolute atomic E-state index is 0.245. The van der Waals surface area contributed by atoms with Gasteiger partial charge in [0, 0.05) is 39.7 Å². The fourth-order valence-corrected chi connectivity index (χ4v) is 4.35. The average molecular weight is 382 g/mol. The molecule has 1 amide bonds. The van der Waals surface area contributed by atoms with Crippen molar-refractivity contribution < 1.29 is 9.18 Å². The van der Waals surface area contributed by atoms with Crippen molar-refractivity contribution in [2.45, 2.75) is 18.9 Å². The summed E-state index contributed by atoms with van der Waals surface area (Å²) in [4.78, 5) is 20.3. The number of fused-ring (bicyclic) bond motifs is 1. The number of thioether (sulfide) groups is 1. The van der Waals surface area contributed by atoms with Crippen molar-refractivity contribution in [1.82, 2.24) is 4.98 Å². The molecule has 2 heterocycles. The SMILES string of the molecule is CC1(c2cc(NC(=O)c3cccc4[nH]ccc34)ccc2F)CCSC(N)=N1. The lowest BCUT2D eigenvalue weighted by atomic mass is 9.89. The highest BCUT2D eigenvalue weighted by molar-refractivity contribution is 8.13. The third-order valence-corrected chi connectivity index (χ3v) is 5.64. The van der Waals surface area contributed by atoms with Gasteiger partial charge in [0.05, 0.1) is 5.54 Å². The summed E-state index contributed by atoms with van der Waals surface area (Å²) in [6.45, 7) is 1.87. The molecule has 27 heavy (non-hydrogen) atoms. The molecule has 0 radical (unpaired) electrons. The van der Waals surface area contributed by atoms with E-state index in [-0.39, 0.29) is 11.7 Å². The molecule has 1 aliphatic rings. The number of nitrogens with zero attached hydrogens (tertiary/aromatic N) is 1. The number of carbonyl (C=O) groups excluding carboxylic acids is 1. The Morgan fingerprint density at radius 2 is 2.19 bits per heavy atom. The lowest BCUT2D eigenvalue weighted by Gasteiger charge is -2.30. The predicted molar refractivity (Wildman–Crippen MR) is 109 cm³/mol. The van der Waals surface area contributed by atoms with Gasteiger partial charge in [-0.15, -0.1) is 0 Å². The second kappa shape index (κ2) is 6.74. The van der Waals surface area contributed by atoms with Crippen molar-refractivity contribution in [2.75, 3.05) is 11.1 Å². The Hall–Kier alpha value is -2.80. The molecule has 0 spiro atoms. The topological polar surface area (TPSA) is 83.3 Å². The molecule has 0 aliphatic carbocycles. The zero-order chi connectivity index (χ0) is 19.0. The maximum absolute atomic E-state index is 14.5. The van der Waals surface area contributed by atoms with Crippen LogP contribution < -0.4 is 11.1 Å². The molecule has 4 rings (SSSR count). The number of aliphatic imine (C=N–C) groups is 1. The smallest absolute Gasteiger partial charge is 0.256 e. The van der Waals surface area contributed by atoms with E-state index in [0.717, 1.165) is 16.7 Å². The van der Waals surface area contributed by atoms with Gasteiger partial charge in [-0.2, -0.15) is 0 Å². The number of hydrogen-bond donors (Lipinski definition) is 3. The number of H-pyrrole nitrogens is 1. The first-order valence-corrected chi connectivity index (χ1v) is 9.60. The van der Waals surface area contributed by atoms with Crippen LogP contribution in [0.15, 0.2) is 53.7 Å². The van der Waals surface area contributed by atoms with E-state index >= 15 is 0 Å². The summed E-state index contributed by atoms with van der Waals surface area (Å²) >= 11 is 1.47. The van der Waals surface area contributed by atoms with Crippen LogP contribution >= 0.6 is 11.8 Å². The number of anilines is 1.